The molecule has 5 nitrogen and oxygen atoms in total. The molecule has 3 rings (SSSR count). The molecule has 0 bridgehead atoms. The molecule has 3 heterocycles. The van der Waals surface area contributed by atoms with Gasteiger partial charge in [-0.05, 0) is 38.3 Å². The van der Waals surface area contributed by atoms with Crippen molar-refractivity contribution in [1.29, 1.82) is 0 Å². The van der Waals surface area contributed by atoms with Gasteiger partial charge in [0.1, 0.15) is 0 Å². The number of likely N-dealkylation sites (N-methyl/N-ethyl adjacent to an activating group) is 1. The number of likely N-dealkylation sites (tertiary alicyclic amines) is 1. The zero-order chi connectivity index (χ0) is 17.1. The summed E-state index contributed by atoms with van der Waals surface area (Å²) in [5.41, 5.74) is 0. The van der Waals surface area contributed by atoms with Gasteiger partial charge in [-0.2, -0.15) is 0 Å². The molecule has 0 aromatic carbocycles. The molecule has 2 aliphatic rings. The van der Waals surface area contributed by atoms with Crippen molar-refractivity contribution in [2.75, 3.05) is 39.8 Å². The topological polar surface area (TPSA) is 43.9 Å². The van der Waals surface area contributed by atoms with Crippen molar-refractivity contribution < 1.29 is 9.59 Å². The average molecular weight is 350 g/mol. The molecule has 2 atom stereocenters. The number of nitrogens with zero attached hydrogens (tertiary/aromatic N) is 3. The smallest absolute Gasteiger partial charge is 0.239 e. The SMILES string of the molecule is CC(C(=O)N1CCCC1CC(=O)c1cccs1)N1CCN(C)CC1. The third-order valence-corrected chi connectivity index (χ3v) is 6.23. The molecule has 0 spiro atoms. The summed E-state index contributed by atoms with van der Waals surface area (Å²) in [6, 6.07) is 3.77. The summed E-state index contributed by atoms with van der Waals surface area (Å²) >= 11 is 1.49. The lowest BCUT2D eigenvalue weighted by molar-refractivity contribution is -0.137. The number of Topliss-reactive ketones (excluding diaryl/α,β-unsaturated/α-hetero) is 1. The fraction of sp³-hybridized carbons (Fsp3) is 0.667. The van der Waals surface area contributed by atoms with Crippen LogP contribution in [0, 0.1) is 0 Å². The first-order valence-electron chi connectivity index (χ1n) is 8.86. The van der Waals surface area contributed by atoms with Crippen molar-refractivity contribution in [3.8, 4) is 0 Å². The molecule has 2 saturated heterocycles. The van der Waals surface area contributed by atoms with Gasteiger partial charge in [0.15, 0.2) is 5.78 Å². The average Bonchev–Trinajstić information content (AvgIpc) is 3.26. The molecule has 2 fully saturated rings. The molecular formula is C18H27N3O2S. The summed E-state index contributed by atoms with van der Waals surface area (Å²) in [5, 5.41) is 1.93. The van der Waals surface area contributed by atoms with Crippen LogP contribution >= 0.6 is 11.3 Å². The molecule has 0 radical (unpaired) electrons. The van der Waals surface area contributed by atoms with Crippen LogP contribution in [-0.2, 0) is 4.79 Å². The van der Waals surface area contributed by atoms with Gasteiger partial charge in [0.25, 0.3) is 0 Å². The van der Waals surface area contributed by atoms with E-state index in [1.165, 1.54) is 11.3 Å². The first kappa shape index (κ1) is 17.6. The van der Waals surface area contributed by atoms with Gasteiger partial charge in [-0.3, -0.25) is 14.5 Å². The van der Waals surface area contributed by atoms with Gasteiger partial charge in [0.2, 0.25) is 5.91 Å². The molecule has 0 N–H and O–H groups in total. The van der Waals surface area contributed by atoms with E-state index in [0.29, 0.717) is 6.42 Å². The van der Waals surface area contributed by atoms with Crippen molar-refractivity contribution in [3.63, 3.8) is 0 Å². The van der Waals surface area contributed by atoms with Gasteiger partial charge in [-0.15, -0.1) is 11.3 Å². The summed E-state index contributed by atoms with van der Waals surface area (Å²) in [5.74, 6) is 0.364. The summed E-state index contributed by atoms with van der Waals surface area (Å²) < 4.78 is 0. The Balaban J connectivity index is 1.59. The Morgan fingerprint density at radius 2 is 2.00 bits per heavy atom. The Hall–Kier alpha value is -1.24. The Kier molecular flexibility index (Phi) is 5.69. The van der Waals surface area contributed by atoms with Crippen molar-refractivity contribution in [2.24, 2.45) is 0 Å². The van der Waals surface area contributed by atoms with Crippen LogP contribution in [0.1, 0.15) is 35.9 Å². The van der Waals surface area contributed by atoms with Crippen molar-refractivity contribution in [3.05, 3.63) is 22.4 Å². The summed E-state index contributed by atoms with van der Waals surface area (Å²) in [6.45, 7) is 6.71. The highest BCUT2D eigenvalue weighted by Gasteiger charge is 2.35. The normalized spacial score (nSPS) is 24.2. The highest BCUT2D eigenvalue weighted by Crippen LogP contribution is 2.25. The predicted molar refractivity (Wildman–Crippen MR) is 96.5 cm³/mol. The zero-order valence-corrected chi connectivity index (χ0v) is 15.4. The number of hydrogen-bond acceptors (Lipinski definition) is 5. The van der Waals surface area contributed by atoms with E-state index in [9.17, 15) is 9.59 Å². The third-order valence-electron chi connectivity index (χ3n) is 5.32. The van der Waals surface area contributed by atoms with Crippen molar-refractivity contribution in [2.45, 2.75) is 38.3 Å². The Labute approximate surface area is 148 Å². The lowest BCUT2D eigenvalue weighted by atomic mass is 10.1. The third kappa shape index (κ3) is 3.87. The maximum Gasteiger partial charge on any atom is 0.239 e. The fourth-order valence-electron chi connectivity index (χ4n) is 3.70. The maximum atomic E-state index is 13.0. The van der Waals surface area contributed by atoms with E-state index in [4.69, 9.17) is 0 Å². The van der Waals surface area contributed by atoms with Crippen LogP contribution in [0.2, 0.25) is 0 Å². The number of hydrogen-bond donors (Lipinski definition) is 0. The highest BCUT2D eigenvalue weighted by atomic mass is 32.1. The molecule has 1 aromatic rings. The molecule has 2 aliphatic heterocycles. The van der Waals surface area contributed by atoms with E-state index in [2.05, 4.69) is 16.8 Å². The number of amides is 1. The first-order chi connectivity index (χ1) is 11.6. The lowest BCUT2D eigenvalue weighted by Gasteiger charge is -2.38. The minimum atomic E-state index is -0.0869. The minimum absolute atomic E-state index is 0.0713. The molecule has 0 aliphatic carbocycles. The quantitative estimate of drug-likeness (QED) is 0.762. The van der Waals surface area contributed by atoms with Gasteiger partial charge in [0.05, 0.1) is 10.9 Å². The summed E-state index contributed by atoms with van der Waals surface area (Å²) in [7, 11) is 2.12. The van der Waals surface area contributed by atoms with E-state index in [1.54, 1.807) is 0 Å². The molecule has 2 unspecified atom stereocenters. The minimum Gasteiger partial charge on any atom is -0.338 e. The van der Waals surface area contributed by atoms with E-state index >= 15 is 0 Å². The molecule has 6 heteroatoms. The van der Waals surface area contributed by atoms with Gasteiger partial charge in [-0.1, -0.05) is 6.07 Å². The van der Waals surface area contributed by atoms with Crippen LogP contribution < -0.4 is 0 Å². The van der Waals surface area contributed by atoms with Crippen molar-refractivity contribution >= 4 is 23.0 Å². The molecule has 132 valence electrons. The largest absolute Gasteiger partial charge is 0.338 e. The van der Waals surface area contributed by atoms with E-state index in [-0.39, 0.29) is 23.8 Å². The monoisotopic (exact) mass is 349 g/mol. The fourth-order valence-corrected chi connectivity index (χ4v) is 4.37. The van der Waals surface area contributed by atoms with Gasteiger partial charge >= 0.3 is 0 Å². The maximum absolute atomic E-state index is 13.0. The van der Waals surface area contributed by atoms with Crippen LogP contribution in [0.5, 0.6) is 0 Å². The number of carbonyl (C=O) groups excluding carboxylic acids is 2. The van der Waals surface area contributed by atoms with Gasteiger partial charge < -0.3 is 9.80 Å². The first-order valence-corrected chi connectivity index (χ1v) is 9.74. The predicted octanol–water partition coefficient (Wildman–Crippen LogP) is 1.95. The van der Waals surface area contributed by atoms with Crippen molar-refractivity contribution in [1.82, 2.24) is 14.7 Å². The van der Waals surface area contributed by atoms with Gasteiger partial charge in [0, 0.05) is 45.2 Å². The second kappa shape index (κ2) is 7.76. The van der Waals surface area contributed by atoms with E-state index in [1.807, 2.05) is 29.3 Å². The van der Waals surface area contributed by atoms with E-state index in [0.717, 1.165) is 50.4 Å². The van der Waals surface area contributed by atoms with E-state index < -0.39 is 0 Å². The Morgan fingerprint density at radius 3 is 2.67 bits per heavy atom. The lowest BCUT2D eigenvalue weighted by Crippen LogP contribution is -2.54. The number of carbonyl (C=O) groups is 2. The van der Waals surface area contributed by atoms with Crippen LogP contribution in [0.25, 0.3) is 0 Å². The second-order valence-corrected chi connectivity index (χ2v) is 7.90. The number of ketones is 1. The highest BCUT2D eigenvalue weighted by molar-refractivity contribution is 7.12. The van der Waals surface area contributed by atoms with Crippen LogP contribution in [-0.4, -0.2) is 78.2 Å². The molecule has 0 saturated carbocycles. The second-order valence-electron chi connectivity index (χ2n) is 6.95. The Bertz CT molecular complexity index is 567. The number of rotatable bonds is 5. The Morgan fingerprint density at radius 1 is 1.25 bits per heavy atom. The van der Waals surface area contributed by atoms with Crippen LogP contribution in [0.4, 0.5) is 0 Å². The van der Waals surface area contributed by atoms with Crippen LogP contribution in [0.15, 0.2) is 17.5 Å². The molecule has 1 aromatic heterocycles. The van der Waals surface area contributed by atoms with Gasteiger partial charge in [-0.25, -0.2) is 0 Å². The molecule has 24 heavy (non-hydrogen) atoms. The van der Waals surface area contributed by atoms with Crippen LogP contribution in [0.3, 0.4) is 0 Å². The molecule has 1 amide bonds. The standard InChI is InChI=1S/C18H27N3O2S/c1-14(20-10-8-19(2)9-11-20)18(23)21-7-3-5-15(21)13-16(22)17-6-4-12-24-17/h4,6,12,14-15H,3,5,7-11,13H2,1-2H3. The number of thiophene rings is 1. The molecular weight excluding hydrogens is 322 g/mol. The zero-order valence-electron chi connectivity index (χ0n) is 14.6. The summed E-state index contributed by atoms with van der Waals surface area (Å²) in [6.07, 6.45) is 2.41. The summed E-state index contributed by atoms with van der Waals surface area (Å²) in [4.78, 5) is 32.7. The number of piperazine rings is 1.